The molecule has 0 spiro atoms. The van der Waals surface area contributed by atoms with Crippen LogP contribution >= 0.6 is 0 Å². The van der Waals surface area contributed by atoms with Gasteiger partial charge in [-0.1, -0.05) is 24.3 Å². The highest BCUT2D eigenvalue weighted by atomic mass is 32.2. The molecule has 6 rings (SSSR count). The number of Topliss-reactive ketones (excluding diaryl/α,β-unsaturated/α-hetero) is 1. The van der Waals surface area contributed by atoms with Crippen molar-refractivity contribution >= 4 is 89.3 Å². The minimum Gasteiger partial charge on any atom is -0.505 e. The molecule has 0 radical (unpaired) electrons. The van der Waals surface area contributed by atoms with Crippen LogP contribution < -0.4 is 21.9 Å². The highest BCUT2D eigenvalue weighted by Crippen LogP contribution is 2.39. The fourth-order valence-corrected chi connectivity index (χ4v) is 6.53. The Morgan fingerprint density at radius 1 is 0.679 bits per heavy atom. The molecule has 2 aliphatic rings. The van der Waals surface area contributed by atoms with Gasteiger partial charge in [0, 0.05) is 29.0 Å². The average molecular weight is 799 g/mol. The van der Waals surface area contributed by atoms with Crippen LogP contribution in [0, 0.1) is 0 Å². The van der Waals surface area contributed by atoms with Crippen molar-refractivity contribution in [2.24, 2.45) is 20.4 Å². The number of rotatable bonds is 10. The minimum atomic E-state index is -5.04. The predicted molar refractivity (Wildman–Crippen MR) is 204 cm³/mol. The van der Waals surface area contributed by atoms with Crippen LogP contribution in [0.25, 0.3) is 6.08 Å². The molecule has 21 heteroatoms. The van der Waals surface area contributed by atoms with Gasteiger partial charge in [-0.2, -0.15) is 27.0 Å². The lowest BCUT2D eigenvalue weighted by molar-refractivity contribution is -0.110. The van der Waals surface area contributed by atoms with E-state index in [0.29, 0.717) is 11.4 Å². The number of allylic oxidation sites excluding steroid dienone is 3. The largest absolute Gasteiger partial charge is 0.505 e. The van der Waals surface area contributed by atoms with E-state index in [1.54, 1.807) is 30.3 Å². The molecule has 0 atom stereocenters. The van der Waals surface area contributed by atoms with E-state index >= 15 is 0 Å². The van der Waals surface area contributed by atoms with Gasteiger partial charge in [-0.3, -0.25) is 34.3 Å². The molecule has 0 heterocycles. The summed E-state index contributed by atoms with van der Waals surface area (Å²) >= 11 is 0. The third-order valence-corrected chi connectivity index (χ3v) is 9.60. The molecule has 19 nitrogen and oxygen atoms in total. The third kappa shape index (κ3) is 8.40. The number of ketones is 2. The normalized spacial score (nSPS) is 15.0. The van der Waals surface area contributed by atoms with Crippen LogP contribution in [0.15, 0.2) is 139 Å². The molecule has 0 fully saturated rings. The van der Waals surface area contributed by atoms with E-state index < -0.39 is 70.4 Å². The fourth-order valence-electron chi connectivity index (χ4n) is 5.18. The van der Waals surface area contributed by atoms with E-state index in [9.17, 15) is 50.5 Å². The maximum absolute atomic E-state index is 13.5. The van der Waals surface area contributed by atoms with Crippen molar-refractivity contribution in [3.63, 3.8) is 0 Å². The predicted octanol–water partition coefficient (Wildman–Crippen LogP) is 5.34. The zero-order valence-electron chi connectivity index (χ0n) is 28.1. The van der Waals surface area contributed by atoms with Crippen LogP contribution in [0.2, 0.25) is 0 Å². The van der Waals surface area contributed by atoms with Crippen molar-refractivity contribution in [1.29, 1.82) is 0 Å². The van der Waals surface area contributed by atoms with Crippen LogP contribution in [0.5, 0.6) is 0 Å². The summed E-state index contributed by atoms with van der Waals surface area (Å²) in [6.45, 7) is 0. The average Bonchev–Trinajstić information content (AvgIpc) is 3.14. The molecule has 0 saturated heterocycles. The first kappa shape index (κ1) is 38.4. The third-order valence-electron chi connectivity index (χ3n) is 7.82. The molecule has 9 N–H and O–H groups in total. The number of anilines is 4. The molecular formula is C35H26N8O11S2. The maximum atomic E-state index is 13.5. The van der Waals surface area contributed by atoms with Crippen LogP contribution in [0.4, 0.5) is 34.1 Å². The summed E-state index contributed by atoms with van der Waals surface area (Å²) in [5.41, 5.74) is 9.88. The summed E-state index contributed by atoms with van der Waals surface area (Å²) in [5.74, 6) is -3.30. The monoisotopic (exact) mass is 798 g/mol. The first-order valence-electron chi connectivity index (χ1n) is 15.7. The quantitative estimate of drug-likeness (QED) is 0.0330. The molecule has 4 aromatic carbocycles. The Morgan fingerprint density at radius 3 is 1.91 bits per heavy atom. The molecule has 0 unspecified atom stereocenters. The van der Waals surface area contributed by atoms with Gasteiger partial charge < -0.3 is 21.3 Å². The number of hydrazone groups is 2. The number of carbonyl (C=O) groups excluding carboxylic acids is 3. The number of hydrogen-bond acceptors (Lipinski definition) is 16. The van der Waals surface area contributed by atoms with E-state index in [1.165, 1.54) is 42.5 Å². The number of amides is 1. The van der Waals surface area contributed by atoms with Crippen LogP contribution in [-0.4, -0.2) is 65.1 Å². The number of nitrogens with one attached hydrogen (secondary N) is 3. The Bertz CT molecular complexity index is 2720. The van der Waals surface area contributed by atoms with Gasteiger partial charge in [-0.05, 0) is 66.7 Å². The standard InChI is InChI=1S/C35H26N8O11S2/c36-32-26(17-29(55(49,50)51)23-11-13-25(34(47)31(23)32)41-38-19-4-2-1-3-5-19)42-40-24-12-10-21(14-30(24)56(52,53)54)37-35(48)18-6-8-20(9-7-18)39-43-33-27(45)15-22(44)16-28(33)46/h1-17,38-39,45-46H,36H2,(H,37,48)(H,49,50,51)(H,52,53,54)/b41-25+,42-40?. The second kappa shape index (κ2) is 15.2. The molecule has 56 heavy (non-hydrogen) atoms. The number of aliphatic hydroxyl groups is 2. The maximum Gasteiger partial charge on any atom is 0.296 e. The zero-order chi connectivity index (χ0) is 40.4. The van der Waals surface area contributed by atoms with Gasteiger partial charge in [0.05, 0.1) is 22.6 Å². The van der Waals surface area contributed by atoms with E-state index in [4.69, 9.17) is 5.73 Å². The molecule has 0 bridgehead atoms. The lowest BCUT2D eigenvalue weighted by Gasteiger charge is -2.17. The molecular weight excluding hydrogens is 773 g/mol. The number of nitrogen functional groups attached to an aromatic ring is 1. The summed E-state index contributed by atoms with van der Waals surface area (Å²) in [7, 11) is -10.0. The van der Waals surface area contributed by atoms with Crippen LogP contribution in [0.1, 0.15) is 26.3 Å². The van der Waals surface area contributed by atoms with Gasteiger partial charge >= 0.3 is 0 Å². The number of nitrogens with two attached hydrogens (primary N) is 1. The Morgan fingerprint density at radius 2 is 1.27 bits per heavy atom. The summed E-state index contributed by atoms with van der Waals surface area (Å²) in [6.07, 6.45) is 4.16. The molecule has 284 valence electrons. The second-order valence-electron chi connectivity index (χ2n) is 11.6. The fraction of sp³-hybridized carbons (Fsp3) is 0. The highest BCUT2D eigenvalue weighted by Gasteiger charge is 2.31. The van der Waals surface area contributed by atoms with E-state index in [-0.39, 0.29) is 39.5 Å². The van der Waals surface area contributed by atoms with Crippen molar-refractivity contribution in [2.75, 3.05) is 21.9 Å². The van der Waals surface area contributed by atoms with Crippen molar-refractivity contribution < 1.29 is 50.5 Å². The number of carbonyl (C=O) groups is 3. The number of nitrogens with zero attached hydrogens (tertiary/aromatic N) is 4. The van der Waals surface area contributed by atoms with Gasteiger partial charge in [0.2, 0.25) is 5.78 Å². The van der Waals surface area contributed by atoms with Gasteiger partial charge in [0.1, 0.15) is 26.9 Å². The van der Waals surface area contributed by atoms with Crippen molar-refractivity contribution in [2.45, 2.75) is 9.79 Å². The van der Waals surface area contributed by atoms with Crippen molar-refractivity contribution in [3.05, 3.63) is 125 Å². The lowest BCUT2D eigenvalue weighted by Crippen LogP contribution is -2.21. The Hall–Kier alpha value is -7.33. The van der Waals surface area contributed by atoms with Gasteiger partial charge in [-0.25, -0.2) is 0 Å². The van der Waals surface area contributed by atoms with Gasteiger partial charge in [0.25, 0.3) is 26.1 Å². The minimum absolute atomic E-state index is 0.0834. The Kier molecular flexibility index (Phi) is 10.4. The number of aliphatic hydroxyl groups excluding tert-OH is 2. The number of azo groups is 1. The number of benzene rings is 4. The molecule has 0 aromatic heterocycles. The summed E-state index contributed by atoms with van der Waals surface area (Å²) in [6, 6.07) is 18.1. The van der Waals surface area contributed by atoms with Crippen LogP contribution in [0.3, 0.4) is 0 Å². The lowest BCUT2D eigenvalue weighted by atomic mass is 9.92. The van der Waals surface area contributed by atoms with E-state index in [2.05, 4.69) is 36.6 Å². The molecule has 4 aromatic rings. The smallest absolute Gasteiger partial charge is 0.296 e. The topological polar surface area (TPSA) is 312 Å². The summed E-state index contributed by atoms with van der Waals surface area (Å²) in [5, 5.41) is 37.8. The number of hydrogen-bond donors (Lipinski definition) is 8. The molecule has 0 aliphatic heterocycles. The summed E-state index contributed by atoms with van der Waals surface area (Å²) in [4.78, 5) is 36.3. The van der Waals surface area contributed by atoms with E-state index in [0.717, 1.165) is 30.4 Å². The van der Waals surface area contributed by atoms with Crippen molar-refractivity contribution in [3.8, 4) is 0 Å². The van der Waals surface area contributed by atoms with E-state index in [1.807, 2.05) is 0 Å². The number of para-hydroxylation sites is 1. The first-order valence-corrected chi connectivity index (χ1v) is 18.6. The molecule has 2 aliphatic carbocycles. The summed E-state index contributed by atoms with van der Waals surface area (Å²) < 4.78 is 69.5. The molecule has 1 amide bonds. The highest BCUT2D eigenvalue weighted by molar-refractivity contribution is 7.86. The zero-order valence-corrected chi connectivity index (χ0v) is 29.8. The Labute approximate surface area is 316 Å². The van der Waals surface area contributed by atoms with Gasteiger partial charge in [0.15, 0.2) is 23.0 Å². The Balaban J connectivity index is 1.25. The first-order chi connectivity index (χ1) is 26.5. The van der Waals surface area contributed by atoms with Crippen LogP contribution in [-0.2, 0) is 25.0 Å². The van der Waals surface area contributed by atoms with Crippen molar-refractivity contribution in [1.82, 2.24) is 0 Å². The second-order valence-corrected chi connectivity index (χ2v) is 14.4. The SMILES string of the molecule is Nc1c(N=Nc2ccc(NC(=O)c3ccc(NN=C4C(O)=CC(=O)C=C4O)cc3)cc2S(=O)(=O)O)cc(S(=O)(=O)O)c2c1C(=O)/C(=N/Nc1ccccc1)C=C2. The van der Waals surface area contributed by atoms with Gasteiger partial charge in [-0.15, -0.1) is 10.2 Å². The molecule has 0 saturated carbocycles. The number of fused-ring (bicyclic) bond motifs is 1.